The molecule has 0 radical (unpaired) electrons. The van der Waals surface area contributed by atoms with Gasteiger partial charge in [0, 0.05) is 50.2 Å². The standard InChI is InChI=1S/C21H30N4O2/c1-2-24-12-14-25(15-13-24)11-5-10-22-20(26)9-8-18-16-17-6-3-4-7-19(17)23-21(18)27/h3-4,6-7,16H,2,5,8-15H2,1H3,(H,22,26)(H,23,27). The third-order valence-corrected chi connectivity index (χ3v) is 5.34. The molecule has 6 nitrogen and oxygen atoms in total. The van der Waals surface area contributed by atoms with Crippen LogP contribution in [0.3, 0.4) is 0 Å². The number of pyridine rings is 1. The molecule has 0 aliphatic carbocycles. The molecular weight excluding hydrogens is 340 g/mol. The summed E-state index contributed by atoms with van der Waals surface area (Å²) in [6, 6.07) is 9.58. The first-order chi connectivity index (χ1) is 13.2. The topological polar surface area (TPSA) is 68.4 Å². The summed E-state index contributed by atoms with van der Waals surface area (Å²) in [7, 11) is 0. The highest BCUT2D eigenvalue weighted by molar-refractivity contribution is 5.79. The van der Waals surface area contributed by atoms with Crippen LogP contribution in [0.2, 0.25) is 0 Å². The lowest BCUT2D eigenvalue weighted by Gasteiger charge is -2.33. The Kier molecular flexibility index (Phi) is 7.01. The third-order valence-electron chi connectivity index (χ3n) is 5.34. The minimum absolute atomic E-state index is 0.0124. The van der Waals surface area contributed by atoms with Crippen molar-refractivity contribution in [3.8, 4) is 0 Å². The van der Waals surface area contributed by atoms with Crippen LogP contribution in [0.5, 0.6) is 0 Å². The van der Waals surface area contributed by atoms with Crippen molar-refractivity contribution < 1.29 is 4.79 Å². The number of fused-ring (bicyclic) bond motifs is 1. The fraction of sp³-hybridized carbons (Fsp3) is 0.524. The van der Waals surface area contributed by atoms with Crippen LogP contribution in [0.15, 0.2) is 35.1 Å². The maximum atomic E-state index is 12.1. The predicted molar refractivity (Wildman–Crippen MR) is 109 cm³/mol. The van der Waals surface area contributed by atoms with Gasteiger partial charge in [-0.05, 0) is 43.5 Å². The molecule has 0 spiro atoms. The molecule has 1 aliphatic heterocycles. The first kappa shape index (κ1) is 19.6. The second kappa shape index (κ2) is 9.67. The van der Waals surface area contributed by atoms with Crippen LogP contribution in [-0.2, 0) is 11.2 Å². The molecule has 27 heavy (non-hydrogen) atoms. The lowest BCUT2D eigenvalue weighted by Crippen LogP contribution is -2.46. The zero-order valence-electron chi connectivity index (χ0n) is 16.2. The van der Waals surface area contributed by atoms with E-state index >= 15 is 0 Å². The van der Waals surface area contributed by atoms with E-state index < -0.39 is 0 Å². The second-order valence-corrected chi connectivity index (χ2v) is 7.19. The molecule has 1 fully saturated rings. The summed E-state index contributed by atoms with van der Waals surface area (Å²) in [5, 5.41) is 3.98. The quantitative estimate of drug-likeness (QED) is 0.693. The Bertz CT molecular complexity index is 809. The Morgan fingerprint density at radius 2 is 1.89 bits per heavy atom. The SMILES string of the molecule is CCN1CCN(CCCNC(=O)CCc2cc3ccccc3[nH]c2=O)CC1. The van der Waals surface area contributed by atoms with Gasteiger partial charge in [0.1, 0.15) is 0 Å². The fourth-order valence-electron chi connectivity index (χ4n) is 3.57. The number of aromatic amines is 1. The monoisotopic (exact) mass is 370 g/mol. The van der Waals surface area contributed by atoms with Crippen LogP contribution in [-0.4, -0.2) is 66.5 Å². The molecule has 0 atom stereocenters. The molecule has 1 aromatic heterocycles. The highest BCUT2D eigenvalue weighted by Gasteiger charge is 2.14. The Labute approximate surface area is 160 Å². The largest absolute Gasteiger partial charge is 0.356 e. The van der Waals surface area contributed by atoms with Gasteiger partial charge in [0.15, 0.2) is 0 Å². The van der Waals surface area contributed by atoms with E-state index in [-0.39, 0.29) is 11.5 Å². The summed E-state index contributed by atoms with van der Waals surface area (Å²) in [5.74, 6) is 0.0124. The van der Waals surface area contributed by atoms with Gasteiger partial charge in [-0.1, -0.05) is 25.1 Å². The van der Waals surface area contributed by atoms with E-state index in [0.29, 0.717) is 24.9 Å². The number of nitrogens with zero attached hydrogens (tertiary/aromatic N) is 2. The fourth-order valence-corrected chi connectivity index (χ4v) is 3.57. The van der Waals surface area contributed by atoms with E-state index in [2.05, 4.69) is 27.0 Å². The Morgan fingerprint density at radius 3 is 2.67 bits per heavy atom. The zero-order valence-corrected chi connectivity index (χ0v) is 16.2. The van der Waals surface area contributed by atoms with Crippen molar-refractivity contribution in [2.75, 3.05) is 45.8 Å². The summed E-state index contributed by atoms with van der Waals surface area (Å²) in [6.45, 7) is 9.58. The normalized spacial score (nSPS) is 15.9. The van der Waals surface area contributed by atoms with Gasteiger partial charge in [0.05, 0.1) is 0 Å². The van der Waals surface area contributed by atoms with E-state index in [1.165, 1.54) is 0 Å². The van der Waals surface area contributed by atoms with Crippen molar-refractivity contribution in [3.63, 3.8) is 0 Å². The number of H-pyrrole nitrogens is 1. The number of likely N-dealkylation sites (N-methyl/N-ethyl adjacent to an activating group) is 1. The molecule has 0 saturated carbocycles. The van der Waals surface area contributed by atoms with Gasteiger partial charge in [-0.25, -0.2) is 0 Å². The minimum Gasteiger partial charge on any atom is -0.356 e. The highest BCUT2D eigenvalue weighted by Crippen LogP contribution is 2.11. The van der Waals surface area contributed by atoms with Crippen molar-refractivity contribution in [1.29, 1.82) is 0 Å². The van der Waals surface area contributed by atoms with Crippen molar-refractivity contribution in [1.82, 2.24) is 20.1 Å². The molecule has 2 N–H and O–H groups in total. The van der Waals surface area contributed by atoms with Crippen LogP contribution in [0.1, 0.15) is 25.3 Å². The second-order valence-electron chi connectivity index (χ2n) is 7.19. The number of hydrogen-bond acceptors (Lipinski definition) is 4. The van der Waals surface area contributed by atoms with Gasteiger partial charge in [-0.2, -0.15) is 0 Å². The van der Waals surface area contributed by atoms with Crippen molar-refractivity contribution in [2.45, 2.75) is 26.2 Å². The van der Waals surface area contributed by atoms with Crippen molar-refractivity contribution in [2.24, 2.45) is 0 Å². The Balaban J connectivity index is 1.36. The van der Waals surface area contributed by atoms with Crippen LogP contribution in [0.4, 0.5) is 0 Å². The molecular formula is C21H30N4O2. The van der Waals surface area contributed by atoms with E-state index in [0.717, 1.165) is 56.6 Å². The summed E-state index contributed by atoms with van der Waals surface area (Å²) in [4.78, 5) is 32.0. The van der Waals surface area contributed by atoms with Gasteiger partial charge < -0.3 is 20.1 Å². The molecule has 0 unspecified atom stereocenters. The van der Waals surface area contributed by atoms with Crippen molar-refractivity contribution >= 4 is 16.8 Å². The number of aromatic nitrogens is 1. The van der Waals surface area contributed by atoms with E-state index in [4.69, 9.17) is 0 Å². The molecule has 1 aromatic carbocycles. The first-order valence-corrected chi connectivity index (χ1v) is 9.98. The highest BCUT2D eigenvalue weighted by atomic mass is 16.1. The predicted octanol–water partition coefficient (Wildman–Crippen LogP) is 1.60. The molecule has 1 aliphatic rings. The van der Waals surface area contributed by atoms with Crippen molar-refractivity contribution in [3.05, 3.63) is 46.2 Å². The van der Waals surface area contributed by atoms with Crippen LogP contribution in [0, 0.1) is 0 Å². The number of hydrogen-bond donors (Lipinski definition) is 2. The molecule has 2 heterocycles. The number of carbonyl (C=O) groups excluding carboxylic acids is 1. The first-order valence-electron chi connectivity index (χ1n) is 9.98. The number of aryl methyl sites for hydroxylation is 1. The summed E-state index contributed by atoms with van der Waals surface area (Å²) < 4.78 is 0. The van der Waals surface area contributed by atoms with Gasteiger partial charge >= 0.3 is 0 Å². The average Bonchev–Trinajstić information content (AvgIpc) is 2.70. The maximum absolute atomic E-state index is 12.1. The molecule has 2 aromatic rings. The number of piperazine rings is 1. The summed E-state index contributed by atoms with van der Waals surface area (Å²) in [5.41, 5.74) is 1.39. The number of nitrogens with one attached hydrogen (secondary N) is 2. The van der Waals surface area contributed by atoms with Gasteiger partial charge in [0.2, 0.25) is 5.91 Å². The van der Waals surface area contributed by atoms with E-state index in [9.17, 15) is 9.59 Å². The van der Waals surface area contributed by atoms with Crippen LogP contribution >= 0.6 is 0 Å². The Hall–Kier alpha value is -2.18. The molecule has 6 heteroatoms. The van der Waals surface area contributed by atoms with Gasteiger partial charge in [0.25, 0.3) is 5.56 Å². The van der Waals surface area contributed by atoms with E-state index in [1.807, 2.05) is 30.3 Å². The molecule has 1 saturated heterocycles. The lowest BCUT2D eigenvalue weighted by molar-refractivity contribution is -0.121. The number of amides is 1. The molecule has 146 valence electrons. The molecule has 1 amide bonds. The van der Waals surface area contributed by atoms with Crippen LogP contribution in [0.25, 0.3) is 10.9 Å². The average molecular weight is 370 g/mol. The number of rotatable bonds is 8. The summed E-state index contributed by atoms with van der Waals surface area (Å²) >= 11 is 0. The van der Waals surface area contributed by atoms with Crippen LogP contribution < -0.4 is 10.9 Å². The maximum Gasteiger partial charge on any atom is 0.251 e. The molecule has 3 rings (SSSR count). The number of benzene rings is 1. The number of para-hydroxylation sites is 1. The zero-order chi connectivity index (χ0) is 19.1. The summed E-state index contributed by atoms with van der Waals surface area (Å²) in [6.07, 6.45) is 1.77. The lowest BCUT2D eigenvalue weighted by atomic mass is 10.1. The Morgan fingerprint density at radius 1 is 1.15 bits per heavy atom. The van der Waals surface area contributed by atoms with Gasteiger partial charge in [-0.15, -0.1) is 0 Å². The van der Waals surface area contributed by atoms with E-state index in [1.54, 1.807) is 0 Å². The smallest absolute Gasteiger partial charge is 0.251 e. The number of carbonyl (C=O) groups is 1. The minimum atomic E-state index is -0.104. The third kappa shape index (κ3) is 5.65. The molecule has 0 bridgehead atoms. The van der Waals surface area contributed by atoms with Gasteiger partial charge in [-0.3, -0.25) is 9.59 Å².